The van der Waals surface area contributed by atoms with Crippen LogP contribution in [0.5, 0.6) is 0 Å². The minimum Gasteiger partial charge on any atom is -0.456 e. The Morgan fingerprint density at radius 2 is 2.05 bits per heavy atom. The van der Waals surface area contributed by atoms with Crippen molar-refractivity contribution in [1.29, 1.82) is 0 Å². The van der Waals surface area contributed by atoms with Crippen LogP contribution >= 0.6 is 31.9 Å². The second kappa shape index (κ2) is 7.09. The first kappa shape index (κ1) is 15.3. The number of hydrogen-bond acceptors (Lipinski definition) is 2. The zero-order valence-corrected chi connectivity index (χ0v) is 14.0. The summed E-state index contributed by atoms with van der Waals surface area (Å²) in [5.41, 5.74) is 1.45. The SMILES string of the molecule is O=COC(CCBr)(Cc1c[nH]c(Br)c1)c1ccccc1. The molecule has 0 aliphatic heterocycles. The number of H-pyrrole nitrogens is 1. The lowest BCUT2D eigenvalue weighted by Gasteiger charge is -2.32. The van der Waals surface area contributed by atoms with Crippen LogP contribution in [0.2, 0.25) is 0 Å². The van der Waals surface area contributed by atoms with Gasteiger partial charge in [0.25, 0.3) is 6.47 Å². The van der Waals surface area contributed by atoms with Crippen molar-refractivity contribution in [3.8, 4) is 0 Å². The number of carbonyl (C=O) groups is 1. The van der Waals surface area contributed by atoms with E-state index < -0.39 is 5.60 Å². The molecule has 20 heavy (non-hydrogen) atoms. The van der Waals surface area contributed by atoms with Crippen LogP contribution in [0.15, 0.2) is 47.2 Å². The molecule has 0 radical (unpaired) electrons. The number of hydrogen-bond donors (Lipinski definition) is 1. The zero-order valence-electron chi connectivity index (χ0n) is 10.8. The molecular formula is C15H15Br2NO2. The maximum Gasteiger partial charge on any atom is 0.293 e. The standard InChI is InChI=1S/C15H15Br2NO2/c16-7-6-15(20-11-19,13-4-2-1-3-5-13)9-12-8-14(17)18-10-12/h1-5,8,10-11,18H,6-7,9H2. The van der Waals surface area contributed by atoms with E-state index in [4.69, 9.17) is 4.74 Å². The molecule has 1 unspecified atom stereocenters. The van der Waals surface area contributed by atoms with Gasteiger partial charge in [-0.2, -0.15) is 0 Å². The Morgan fingerprint density at radius 3 is 2.60 bits per heavy atom. The van der Waals surface area contributed by atoms with Gasteiger partial charge in [0.1, 0.15) is 5.60 Å². The first-order valence-corrected chi connectivity index (χ1v) is 8.17. The highest BCUT2D eigenvalue weighted by Gasteiger charge is 2.34. The molecule has 0 aliphatic carbocycles. The van der Waals surface area contributed by atoms with Crippen LogP contribution in [0.1, 0.15) is 17.5 Å². The number of halogens is 2. The summed E-state index contributed by atoms with van der Waals surface area (Å²) in [4.78, 5) is 14.1. The van der Waals surface area contributed by atoms with Crippen LogP contribution in [0, 0.1) is 0 Å². The third-order valence-electron chi connectivity index (χ3n) is 3.27. The molecule has 2 aromatic rings. The van der Waals surface area contributed by atoms with E-state index in [2.05, 4.69) is 36.8 Å². The summed E-state index contributed by atoms with van der Waals surface area (Å²) in [5.74, 6) is 0. The first-order valence-electron chi connectivity index (χ1n) is 6.26. The van der Waals surface area contributed by atoms with Gasteiger partial charge in [-0.1, -0.05) is 46.3 Å². The second-order valence-corrected chi connectivity index (χ2v) is 6.19. The van der Waals surface area contributed by atoms with E-state index in [1.807, 2.05) is 42.6 Å². The summed E-state index contributed by atoms with van der Waals surface area (Å²) in [6.07, 6.45) is 3.26. The number of rotatable bonds is 7. The summed E-state index contributed by atoms with van der Waals surface area (Å²) in [5, 5.41) is 0.751. The number of aromatic amines is 1. The molecule has 0 amide bonds. The maximum absolute atomic E-state index is 11.0. The van der Waals surface area contributed by atoms with Gasteiger partial charge in [-0.15, -0.1) is 0 Å². The maximum atomic E-state index is 11.0. The minimum atomic E-state index is -0.645. The average Bonchev–Trinajstić information content (AvgIpc) is 2.85. The minimum absolute atomic E-state index is 0.539. The predicted molar refractivity (Wildman–Crippen MR) is 85.9 cm³/mol. The van der Waals surface area contributed by atoms with E-state index in [0.29, 0.717) is 19.3 Å². The number of benzene rings is 1. The number of alkyl halides is 1. The Morgan fingerprint density at radius 1 is 1.30 bits per heavy atom. The van der Waals surface area contributed by atoms with E-state index in [9.17, 15) is 4.79 Å². The summed E-state index contributed by atoms with van der Waals surface area (Å²) in [7, 11) is 0. The first-order chi connectivity index (χ1) is 9.70. The van der Waals surface area contributed by atoms with Gasteiger partial charge in [0.2, 0.25) is 0 Å². The molecule has 2 rings (SSSR count). The second-order valence-electron chi connectivity index (χ2n) is 4.55. The van der Waals surface area contributed by atoms with Gasteiger partial charge < -0.3 is 9.72 Å². The largest absolute Gasteiger partial charge is 0.456 e. The normalized spacial score (nSPS) is 13.7. The Kier molecular flexibility index (Phi) is 5.43. The monoisotopic (exact) mass is 399 g/mol. The van der Waals surface area contributed by atoms with E-state index in [0.717, 1.165) is 21.1 Å². The average molecular weight is 401 g/mol. The molecule has 1 atom stereocenters. The molecule has 0 fully saturated rings. The topological polar surface area (TPSA) is 42.1 Å². The Bertz CT molecular complexity index is 556. The zero-order chi connectivity index (χ0) is 14.4. The number of carbonyl (C=O) groups excluding carboxylic acids is 1. The van der Waals surface area contributed by atoms with Crippen LogP contribution in [0.25, 0.3) is 0 Å². The summed E-state index contributed by atoms with van der Waals surface area (Å²) < 4.78 is 6.45. The quantitative estimate of drug-likeness (QED) is 0.559. The molecule has 5 heteroatoms. The van der Waals surface area contributed by atoms with Gasteiger partial charge >= 0.3 is 0 Å². The molecule has 0 aliphatic rings. The van der Waals surface area contributed by atoms with E-state index >= 15 is 0 Å². The Balaban J connectivity index is 2.38. The van der Waals surface area contributed by atoms with Crippen LogP contribution in [-0.2, 0) is 21.6 Å². The number of nitrogens with one attached hydrogen (secondary N) is 1. The predicted octanol–water partition coefficient (Wildman–Crippen LogP) is 4.17. The fourth-order valence-electron chi connectivity index (χ4n) is 2.33. The molecule has 1 heterocycles. The third-order valence-corrected chi connectivity index (χ3v) is 4.12. The van der Waals surface area contributed by atoms with Gasteiger partial charge in [0.15, 0.2) is 0 Å². The molecule has 1 N–H and O–H groups in total. The van der Waals surface area contributed by atoms with Gasteiger partial charge in [0.05, 0.1) is 4.60 Å². The van der Waals surface area contributed by atoms with Crippen LogP contribution < -0.4 is 0 Å². The van der Waals surface area contributed by atoms with Crippen molar-refractivity contribution < 1.29 is 9.53 Å². The van der Waals surface area contributed by atoms with Crippen molar-refractivity contribution in [3.63, 3.8) is 0 Å². The van der Waals surface area contributed by atoms with Crippen molar-refractivity contribution in [2.45, 2.75) is 18.4 Å². The highest BCUT2D eigenvalue weighted by molar-refractivity contribution is 9.10. The molecule has 0 spiro atoms. The van der Waals surface area contributed by atoms with Gasteiger partial charge in [-0.3, -0.25) is 4.79 Å². The van der Waals surface area contributed by atoms with Crippen molar-refractivity contribution >= 4 is 38.3 Å². The lowest BCUT2D eigenvalue weighted by Crippen LogP contribution is -2.32. The molecular weight excluding hydrogens is 386 g/mol. The van der Waals surface area contributed by atoms with Crippen molar-refractivity contribution in [2.24, 2.45) is 0 Å². The van der Waals surface area contributed by atoms with Crippen molar-refractivity contribution in [2.75, 3.05) is 5.33 Å². The smallest absolute Gasteiger partial charge is 0.293 e. The molecule has 0 saturated carbocycles. The van der Waals surface area contributed by atoms with E-state index in [-0.39, 0.29) is 0 Å². The van der Waals surface area contributed by atoms with E-state index in [1.165, 1.54) is 0 Å². The highest BCUT2D eigenvalue weighted by Crippen LogP contribution is 2.34. The van der Waals surface area contributed by atoms with E-state index in [1.54, 1.807) is 0 Å². The van der Waals surface area contributed by atoms with Crippen LogP contribution in [-0.4, -0.2) is 16.8 Å². The number of aromatic nitrogens is 1. The van der Waals surface area contributed by atoms with Gasteiger partial charge in [-0.25, -0.2) is 0 Å². The molecule has 106 valence electrons. The van der Waals surface area contributed by atoms with Gasteiger partial charge in [-0.05, 0) is 33.1 Å². The molecule has 0 saturated heterocycles. The van der Waals surface area contributed by atoms with Crippen molar-refractivity contribution in [1.82, 2.24) is 4.98 Å². The lowest BCUT2D eigenvalue weighted by molar-refractivity contribution is -0.145. The number of ether oxygens (including phenoxy) is 1. The molecule has 0 bridgehead atoms. The summed E-state index contributed by atoms with van der Waals surface area (Å²) in [6.45, 7) is 0.539. The third kappa shape index (κ3) is 3.52. The Labute approximate surface area is 135 Å². The van der Waals surface area contributed by atoms with Crippen molar-refractivity contribution in [3.05, 3.63) is 58.3 Å². The molecule has 1 aromatic heterocycles. The summed E-state index contributed by atoms with van der Waals surface area (Å²) >= 11 is 6.86. The molecule has 3 nitrogen and oxygen atoms in total. The fourth-order valence-corrected chi connectivity index (χ4v) is 3.38. The lowest BCUT2D eigenvalue weighted by atomic mass is 9.85. The highest BCUT2D eigenvalue weighted by atomic mass is 79.9. The fraction of sp³-hybridized carbons (Fsp3) is 0.267. The summed E-state index contributed by atoms with van der Waals surface area (Å²) in [6, 6.07) is 11.9. The van der Waals surface area contributed by atoms with Gasteiger partial charge in [0, 0.05) is 24.4 Å². The Hall–Kier alpha value is -1.07. The van der Waals surface area contributed by atoms with Crippen LogP contribution in [0.4, 0.5) is 0 Å². The van der Waals surface area contributed by atoms with Crippen LogP contribution in [0.3, 0.4) is 0 Å². The molecule has 1 aromatic carbocycles.